The number of rotatable bonds is 9. The van der Waals surface area contributed by atoms with E-state index >= 15 is 0 Å². The molecular formula is C19H31ClN4O3. The zero-order valence-electron chi connectivity index (χ0n) is 15.9. The number of carbonyl (C=O) groups is 2. The first-order chi connectivity index (χ1) is 12.6. The van der Waals surface area contributed by atoms with Gasteiger partial charge < -0.3 is 21.1 Å². The molecule has 1 aromatic carbocycles. The van der Waals surface area contributed by atoms with Gasteiger partial charge in [0.1, 0.15) is 0 Å². The highest BCUT2D eigenvalue weighted by Crippen LogP contribution is 2.11. The van der Waals surface area contributed by atoms with E-state index in [2.05, 4.69) is 15.5 Å². The van der Waals surface area contributed by atoms with Crippen LogP contribution >= 0.6 is 12.4 Å². The van der Waals surface area contributed by atoms with Gasteiger partial charge in [-0.15, -0.1) is 12.4 Å². The van der Waals surface area contributed by atoms with Gasteiger partial charge >= 0.3 is 0 Å². The molecule has 1 saturated heterocycles. The fourth-order valence-electron chi connectivity index (χ4n) is 2.83. The number of hydrogen-bond donors (Lipinski definition) is 3. The Kier molecular flexibility index (Phi) is 11.0. The van der Waals surface area contributed by atoms with Crippen LogP contribution in [0.5, 0.6) is 0 Å². The van der Waals surface area contributed by atoms with Gasteiger partial charge in [-0.25, -0.2) is 0 Å². The highest BCUT2D eigenvalue weighted by Gasteiger charge is 2.13. The maximum absolute atomic E-state index is 12.1. The van der Waals surface area contributed by atoms with Gasteiger partial charge in [-0.3, -0.25) is 14.5 Å². The zero-order chi connectivity index (χ0) is 18.8. The van der Waals surface area contributed by atoms with Crippen LogP contribution in [0.4, 0.5) is 5.69 Å². The van der Waals surface area contributed by atoms with E-state index in [1.165, 1.54) is 0 Å². The number of halogens is 1. The fraction of sp³-hybridized carbons (Fsp3) is 0.579. The van der Waals surface area contributed by atoms with Crippen molar-refractivity contribution >= 4 is 29.9 Å². The molecule has 8 heteroatoms. The number of nitrogens with zero attached hydrogens (tertiary/aromatic N) is 1. The van der Waals surface area contributed by atoms with Gasteiger partial charge in [-0.1, -0.05) is 25.5 Å². The normalized spacial score (nSPS) is 15.5. The van der Waals surface area contributed by atoms with Crippen LogP contribution < -0.4 is 16.4 Å². The summed E-state index contributed by atoms with van der Waals surface area (Å²) in [5.74, 6) is -0.158. The Morgan fingerprint density at radius 3 is 2.74 bits per heavy atom. The lowest BCUT2D eigenvalue weighted by atomic mass is 10.1. The summed E-state index contributed by atoms with van der Waals surface area (Å²) >= 11 is 0. The van der Waals surface area contributed by atoms with Gasteiger partial charge in [0, 0.05) is 38.3 Å². The van der Waals surface area contributed by atoms with Crippen LogP contribution in [0.1, 0.15) is 31.7 Å². The molecule has 0 aromatic heterocycles. The van der Waals surface area contributed by atoms with Crippen LogP contribution in [0, 0.1) is 0 Å². The van der Waals surface area contributed by atoms with E-state index in [0.29, 0.717) is 19.4 Å². The number of nitrogens with two attached hydrogens (primary N) is 1. The maximum atomic E-state index is 12.1. The van der Waals surface area contributed by atoms with Crippen molar-refractivity contribution in [1.29, 1.82) is 0 Å². The Morgan fingerprint density at radius 1 is 1.30 bits per heavy atom. The van der Waals surface area contributed by atoms with Gasteiger partial charge in [0.15, 0.2) is 0 Å². The molecule has 152 valence electrons. The minimum absolute atomic E-state index is 0. The minimum Gasteiger partial charge on any atom is -0.379 e. The zero-order valence-corrected chi connectivity index (χ0v) is 16.7. The number of hydrogen-bond acceptors (Lipinski definition) is 5. The Morgan fingerprint density at radius 2 is 2.04 bits per heavy atom. The molecule has 1 fully saturated rings. The van der Waals surface area contributed by atoms with Gasteiger partial charge in [0.2, 0.25) is 11.8 Å². The highest BCUT2D eigenvalue weighted by molar-refractivity contribution is 5.90. The van der Waals surface area contributed by atoms with Crippen LogP contribution in [0.25, 0.3) is 0 Å². The summed E-state index contributed by atoms with van der Waals surface area (Å²) in [4.78, 5) is 26.3. The molecule has 27 heavy (non-hydrogen) atoms. The molecule has 1 unspecified atom stereocenters. The minimum atomic E-state index is -0.469. The molecule has 1 atom stereocenters. The van der Waals surface area contributed by atoms with Crippen molar-refractivity contribution in [3.63, 3.8) is 0 Å². The third-order valence-corrected chi connectivity index (χ3v) is 4.37. The molecule has 2 rings (SSSR count). The average molecular weight is 399 g/mol. The summed E-state index contributed by atoms with van der Waals surface area (Å²) in [7, 11) is 0. The third kappa shape index (κ3) is 8.71. The Labute approximate surface area is 167 Å². The monoisotopic (exact) mass is 398 g/mol. The number of morpholine rings is 1. The van der Waals surface area contributed by atoms with Crippen molar-refractivity contribution in [3.05, 3.63) is 29.8 Å². The van der Waals surface area contributed by atoms with Crippen LogP contribution in [0.15, 0.2) is 24.3 Å². The second kappa shape index (κ2) is 12.7. The fourth-order valence-corrected chi connectivity index (χ4v) is 2.83. The second-order valence-corrected chi connectivity index (χ2v) is 6.57. The number of ether oxygens (including phenoxy) is 1. The van der Waals surface area contributed by atoms with E-state index in [0.717, 1.165) is 50.5 Å². The van der Waals surface area contributed by atoms with Gasteiger partial charge in [0.05, 0.1) is 19.3 Å². The first kappa shape index (κ1) is 23.4. The largest absolute Gasteiger partial charge is 0.379 e. The number of benzene rings is 1. The van der Waals surface area contributed by atoms with Crippen molar-refractivity contribution in [2.45, 2.75) is 38.8 Å². The molecule has 1 aliphatic rings. The van der Waals surface area contributed by atoms with E-state index in [9.17, 15) is 9.59 Å². The predicted octanol–water partition coefficient (Wildman–Crippen LogP) is 1.51. The first-order valence-electron chi connectivity index (χ1n) is 9.30. The molecule has 2 amide bonds. The summed E-state index contributed by atoms with van der Waals surface area (Å²) in [6, 6.07) is 7.03. The molecule has 0 radical (unpaired) electrons. The molecular weight excluding hydrogens is 368 g/mol. The summed E-state index contributed by atoms with van der Waals surface area (Å²) in [6.07, 6.45) is 2.00. The molecule has 1 aromatic rings. The lowest BCUT2D eigenvalue weighted by molar-refractivity contribution is -0.122. The first-order valence-corrected chi connectivity index (χ1v) is 9.30. The van der Waals surface area contributed by atoms with E-state index in [-0.39, 0.29) is 24.2 Å². The Hall–Kier alpha value is -1.67. The van der Waals surface area contributed by atoms with Crippen molar-refractivity contribution in [2.24, 2.45) is 5.73 Å². The standard InChI is InChI=1S/C19H30N4O3.ClH/c1-2-4-17(20)19(25)21-14-15-5-3-6-16(13-15)22-18(24)7-8-23-9-11-26-12-10-23;/h3,5-6,13,17H,2,4,7-12,14,20H2,1H3,(H,21,25)(H,22,24);1H. The Balaban J connectivity index is 0.00000364. The summed E-state index contributed by atoms with van der Waals surface area (Å²) in [5.41, 5.74) is 7.46. The highest BCUT2D eigenvalue weighted by atomic mass is 35.5. The third-order valence-electron chi connectivity index (χ3n) is 4.37. The van der Waals surface area contributed by atoms with Crippen LogP contribution in [-0.2, 0) is 20.9 Å². The van der Waals surface area contributed by atoms with Gasteiger partial charge in [-0.05, 0) is 24.1 Å². The molecule has 0 saturated carbocycles. The SMILES string of the molecule is CCCC(N)C(=O)NCc1cccc(NC(=O)CCN2CCOCC2)c1.Cl. The van der Waals surface area contributed by atoms with Crippen LogP contribution in [-0.4, -0.2) is 55.6 Å². The van der Waals surface area contributed by atoms with Crippen molar-refractivity contribution in [1.82, 2.24) is 10.2 Å². The van der Waals surface area contributed by atoms with Gasteiger partial charge in [-0.2, -0.15) is 0 Å². The van der Waals surface area contributed by atoms with Crippen LogP contribution in [0.3, 0.4) is 0 Å². The quantitative estimate of drug-likeness (QED) is 0.586. The average Bonchev–Trinajstić information content (AvgIpc) is 2.66. The lowest BCUT2D eigenvalue weighted by Gasteiger charge is -2.26. The summed E-state index contributed by atoms with van der Waals surface area (Å²) in [5, 5.41) is 5.76. The molecule has 0 aliphatic carbocycles. The van der Waals surface area contributed by atoms with Crippen molar-refractivity contribution < 1.29 is 14.3 Å². The smallest absolute Gasteiger partial charge is 0.237 e. The number of nitrogens with one attached hydrogen (secondary N) is 2. The molecule has 7 nitrogen and oxygen atoms in total. The van der Waals surface area contributed by atoms with Gasteiger partial charge in [0.25, 0.3) is 0 Å². The molecule has 0 spiro atoms. The van der Waals surface area contributed by atoms with E-state index in [1.54, 1.807) is 0 Å². The topological polar surface area (TPSA) is 96.7 Å². The summed E-state index contributed by atoms with van der Waals surface area (Å²) < 4.78 is 5.30. The van der Waals surface area contributed by atoms with Crippen LogP contribution in [0.2, 0.25) is 0 Å². The van der Waals surface area contributed by atoms with E-state index < -0.39 is 6.04 Å². The molecule has 1 aliphatic heterocycles. The molecule has 0 bridgehead atoms. The van der Waals surface area contributed by atoms with E-state index in [4.69, 9.17) is 10.5 Å². The lowest BCUT2D eigenvalue weighted by Crippen LogP contribution is -2.40. The molecule has 4 N–H and O–H groups in total. The number of carbonyl (C=O) groups excluding carboxylic acids is 2. The number of amides is 2. The number of anilines is 1. The summed E-state index contributed by atoms with van der Waals surface area (Å²) in [6.45, 7) is 6.35. The second-order valence-electron chi connectivity index (χ2n) is 6.57. The maximum Gasteiger partial charge on any atom is 0.237 e. The Bertz CT molecular complexity index is 594. The van der Waals surface area contributed by atoms with Crippen molar-refractivity contribution in [2.75, 3.05) is 38.2 Å². The molecule has 1 heterocycles. The predicted molar refractivity (Wildman–Crippen MR) is 109 cm³/mol. The van der Waals surface area contributed by atoms with E-state index in [1.807, 2.05) is 31.2 Å². The van der Waals surface area contributed by atoms with Crippen molar-refractivity contribution in [3.8, 4) is 0 Å².